The van der Waals surface area contributed by atoms with Gasteiger partial charge >= 0.3 is 0 Å². The third kappa shape index (κ3) is 1.49. The molecule has 0 radical (unpaired) electrons. The number of allylic oxidation sites excluding steroid dienone is 1. The van der Waals surface area contributed by atoms with Gasteiger partial charge in [0.05, 0.1) is 24.2 Å². The van der Waals surface area contributed by atoms with Crippen molar-refractivity contribution in [3.05, 3.63) is 12.0 Å². The molecular formula is C9H11BrN2O. The summed E-state index contributed by atoms with van der Waals surface area (Å²) in [5.41, 5.74) is 0.241. The summed E-state index contributed by atoms with van der Waals surface area (Å²) < 4.78 is 5.12. The van der Waals surface area contributed by atoms with Crippen LogP contribution in [0.5, 0.6) is 0 Å². The van der Waals surface area contributed by atoms with Crippen molar-refractivity contribution in [3.63, 3.8) is 0 Å². The summed E-state index contributed by atoms with van der Waals surface area (Å²) in [6.45, 7) is 3.72. The third-order valence-corrected chi connectivity index (χ3v) is 3.80. The lowest BCUT2D eigenvalue weighted by atomic mass is 9.83. The standard InChI is InChI=1S/C9H11BrN2O/c1-6-8(10)9(2,5-11)7(13-3)4-12-6/h4,8H,1-3H3. The van der Waals surface area contributed by atoms with E-state index in [0.717, 1.165) is 5.71 Å². The molecular weight excluding hydrogens is 232 g/mol. The Labute approximate surface area is 86.2 Å². The quantitative estimate of drug-likeness (QED) is 0.663. The highest BCUT2D eigenvalue weighted by Crippen LogP contribution is 2.38. The van der Waals surface area contributed by atoms with Gasteiger partial charge in [-0.15, -0.1) is 0 Å². The number of alkyl halides is 1. The van der Waals surface area contributed by atoms with Gasteiger partial charge < -0.3 is 4.74 Å². The molecule has 1 aliphatic rings. The number of hydrogen-bond acceptors (Lipinski definition) is 3. The Hall–Kier alpha value is -0.820. The molecule has 1 aliphatic heterocycles. The van der Waals surface area contributed by atoms with E-state index < -0.39 is 5.41 Å². The summed E-state index contributed by atoms with van der Waals surface area (Å²) in [6, 6.07) is 2.24. The van der Waals surface area contributed by atoms with Gasteiger partial charge in [-0.1, -0.05) is 15.9 Å². The first-order chi connectivity index (χ1) is 6.06. The molecule has 0 saturated carbocycles. The topological polar surface area (TPSA) is 45.4 Å². The van der Waals surface area contributed by atoms with Crippen LogP contribution >= 0.6 is 15.9 Å². The maximum atomic E-state index is 9.08. The minimum absolute atomic E-state index is 0.0788. The number of halogens is 1. The Morgan fingerprint density at radius 2 is 2.38 bits per heavy atom. The van der Waals surface area contributed by atoms with Crippen molar-refractivity contribution in [1.82, 2.24) is 0 Å². The zero-order valence-corrected chi connectivity index (χ0v) is 9.42. The summed E-state index contributed by atoms with van der Waals surface area (Å²) in [4.78, 5) is 4.06. The Morgan fingerprint density at radius 1 is 1.77 bits per heavy atom. The smallest absolute Gasteiger partial charge is 0.135 e. The van der Waals surface area contributed by atoms with Crippen LogP contribution in [-0.4, -0.2) is 17.6 Å². The van der Waals surface area contributed by atoms with E-state index in [4.69, 9.17) is 10.00 Å². The molecule has 2 atom stereocenters. The van der Waals surface area contributed by atoms with Crippen molar-refractivity contribution in [2.24, 2.45) is 10.4 Å². The van der Waals surface area contributed by atoms with E-state index in [-0.39, 0.29) is 4.83 Å². The molecule has 70 valence electrons. The summed E-state index contributed by atoms with van der Waals surface area (Å²) in [7, 11) is 1.55. The second-order valence-electron chi connectivity index (χ2n) is 3.14. The van der Waals surface area contributed by atoms with E-state index >= 15 is 0 Å². The number of aliphatic imine (C=N–C) groups is 1. The Morgan fingerprint density at radius 3 is 2.85 bits per heavy atom. The van der Waals surface area contributed by atoms with Crippen LogP contribution in [0.15, 0.2) is 17.0 Å². The number of nitrogens with zero attached hydrogens (tertiary/aromatic N) is 2. The molecule has 0 fully saturated rings. The molecule has 0 spiro atoms. The fraction of sp³-hybridized carbons (Fsp3) is 0.556. The fourth-order valence-electron chi connectivity index (χ4n) is 1.28. The number of rotatable bonds is 1. The van der Waals surface area contributed by atoms with Gasteiger partial charge in [0.1, 0.15) is 11.2 Å². The fourth-order valence-corrected chi connectivity index (χ4v) is 1.73. The minimum atomic E-state index is -0.652. The lowest BCUT2D eigenvalue weighted by Crippen LogP contribution is -2.36. The summed E-state index contributed by atoms with van der Waals surface area (Å²) in [5.74, 6) is 0.600. The first-order valence-electron chi connectivity index (χ1n) is 3.90. The number of methoxy groups -OCH3 is 1. The van der Waals surface area contributed by atoms with E-state index in [2.05, 4.69) is 27.0 Å². The van der Waals surface area contributed by atoms with E-state index in [0.29, 0.717) is 5.76 Å². The SMILES string of the molecule is COC1=CN=C(C)C(Br)C1(C)C#N. The van der Waals surface area contributed by atoms with Crippen LogP contribution in [-0.2, 0) is 4.74 Å². The Kier molecular flexibility index (Phi) is 2.77. The van der Waals surface area contributed by atoms with Gasteiger partial charge in [0, 0.05) is 5.71 Å². The molecule has 13 heavy (non-hydrogen) atoms. The first kappa shape index (κ1) is 10.3. The maximum Gasteiger partial charge on any atom is 0.135 e. The second kappa shape index (κ2) is 3.51. The van der Waals surface area contributed by atoms with Crippen molar-refractivity contribution in [2.45, 2.75) is 18.7 Å². The average molecular weight is 243 g/mol. The van der Waals surface area contributed by atoms with E-state index in [1.807, 2.05) is 13.8 Å². The summed E-state index contributed by atoms with van der Waals surface area (Å²) >= 11 is 3.44. The van der Waals surface area contributed by atoms with Crippen LogP contribution in [0.3, 0.4) is 0 Å². The van der Waals surface area contributed by atoms with Crippen LogP contribution < -0.4 is 0 Å². The molecule has 0 amide bonds. The summed E-state index contributed by atoms with van der Waals surface area (Å²) in [5, 5.41) is 9.08. The molecule has 4 heteroatoms. The van der Waals surface area contributed by atoms with Crippen molar-refractivity contribution >= 4 is 21.6 Å². The molecule has 0 aromatic rings. The van der Waals surface area contributed by atoms with Crippen LogP contribution in [0, 0.1) is 16.7 Å². The van der Waals surface area contributed by atoms with Crippen molar-refractivity contribution in [2.75, 3.05) is 7.11 Å². The second-order valence-corrected chi connectivity index (χ2v) is 4.06. The zero-order chi connectivity index (χ0) is 10.1. The predicted molar refractivity (Wildman–Crippen MR) is 54.6 cm³/mol. The van der Waals surface area contributed by atoms with Gasteiger partial charge in [-0.3, -0.25) is 4.99 Å². The maximum absolute atomic E-state index is 9.08. The monoisotopic (exact) mass is 242 g/mol. The molecule has 0 N–H and O–H groups in total. The minimum Gasteiger partial charge on any atom is -0.498 e. The predicted octanol–water partition coefficient (Wildman–Crippen LogP) is 2.24. The van der Waals surface area contributed by atoms with Crippen LogP contribution in [0.2, 0.25) is 0 Å². The highest BCUT2D eigenvalue weighted by atomic mass is 79.9. The van der Waals surface area contributed by atoms with E-state index in [9.17, 15) is 0 Å². The van der Waals surface area contributed by atoms with Gasteiger partial charge in [-0.25, -0.2) is 0 Å². The Balaban J connectivity index is 3.16. The van der Waals surface area contributed by atoms with Gasteiger partial charge in [-0.2, -0.15) is 5.26 Å². The normalized spacial score (nSPS) is 33.0. The molecule has 1 rings (SSSR count). The molecule has 3 nitrogen and oxygen atoms in total. The Bertz CT molecular complexity index is 316. The van der Waals surface area contributed by atoms with Crippen molar-refractivity contribution in [3.8, 4) is 6.07 Å². The van der Waals surface area contributed by atoms with Gasteiger partial charge in [-0.05, 0) is 13.8 Å². The van der Waals surface area contributed by atoms with E-state index in [1.54, 1.807) is 13.3 Å². The molecule has 0 aliphatic carbocycles. The molecule has 0 aromatic carbocycles. The van der Waals surface area contributed by atoms with Gasteiger partial charge in [0.15, 0.2) is 0 Å². The van der Waals surface area contributed by atoms with Crippen LogP contribution in [0.25, 0.3) is 0 Å². The molecule has 1 heterocycles. The highest BCUT2D eigenvalue weighted by molar-refractivity contribution is 9.10. The van der Waals surface area contributed by atoms with Gasteiger partial charge in [0.25, 0.3) is 0 Å². The first-order valence-corrected chi connectivity index (χ1v) is 4.82. The summed E-state index contributed by atoms with van der Waals surface area (Å²) in [6.07, 6.45) is 1.61. The molecule has 0 aromatic heterocycles. The molecule has 0 bridgehead atoms. The van der Waals surface area contributed by atoms with Crippen LogP contribution in [0.4, 0.5) is 0 Å². The van der Waals surface area contributed by atoms with Crippen molar-refractivity contribution < 1.29 is 4.74 Å². The number of hydrogen-bond donors (Lipinski definition) is 0. The largest absolute Gasteiger partial charge is 0.498 e. The highest BCUT2D eigenvalue weighted by Gasteiger charge is 2.41. The number of ether oxygens (including phenoxy) is 1. The lowest BCUT2D eigenvalue weighted by Gasteiger charge is -2.31. The average Bonchev–Trinajstić information content (AvgIpc) is 2.15. The molecule has 0 saturated heterocycles. The molecule has 2 unspecified atom stereocenters. The van der Waals surface area contributed by atoms with Gasteiger partial charge in [0.2, 0.25) is 0 Å². The van der Waals surface area contributed by atoms with Crippen LogP contribution in [0.1, 0.15) is 13.8 Å². The number of nitriles is 1. The third-order valence-electron chi connectivity index (χ3n) is 2.22. The lowest BCUT2D eigenvalue weighted by molar-refractivity contribution is 0.219. The van der Waals surface area contributed by atoms with E-state index in [1.165, 1.54) is 0 Å². The van der Waals surface area contributed by atoms with Crippen molar-refractivity contribution in [1.29, 1.82) is 5.26 Å². The zero-order valence-electron chi connectivity index (χ0n) is 7.84.